The molecular formula is C18H24N2O. The second kappa shape index (κ2) is 6.35. The van der Waals surface area contributed by atoms with Crippen LogP contribution < -0.4 is 10.2 Å². The Morgan fingerprint density at radius 1 is 1.19 bits per heavy atom. The maximum absolute atomic E-state index is 5.95. The number of furan rings is 1. The molecule has 3 heteroatoms. The van der Waals surface area contributed by atoms with Gasteiger partial charge < -0.3 is 14.6 Å². The number of rotatable bonds is 5. The Kier molecular flexibility index (Phi) is 4.30. The first-order valence-electron chi connectivity index (χ1n) is 7.90. The normalized spacial score (nSPS) is 17.8. The van der Waals surface area contributed by atoms with Gasteiger partial charge in [-0.3, -0.25) is 0 Å². The van der Waals surface area contributed by atoms with Crippen molar-refractivity contribution in [1.82, 2.24) is 5.32 Å². The highest BCUT2D eigenvalue weighted by molar-refractivity contribution is 5.56. The maximum Gasteiger partial charge on any atom is 0.123 e. The Labute approximate surface area is 127 Å². The number of hydrogen-bond acceptors (Lipinski definition) is 3. The van der Waals surface area contributed by atoms with E-state index in [9.17, 15) is 0 Å². The number of benzene rings is 1. The van der Waals surface area contributed by atoms with Crippen molar-refractivity contribution in [3.63, 3.8) is 0 Å². The molecule has 1 aliphatic rings. The van der Waals surface area contributed by atoms with Crippen LogP contribution in [0, 0.1) is 0 Å². The molecule has 0 saturated heterocycles. The second-order valence-electron chi connectivity index (χ2n) is 5.79. The minimum absolute atomic E-state index is 0.558. The van der Waals surface area contributed by atoms with Crippen LogP contribution in [0.3, 0.4) is 0 Å². The van der Waals surface area contributed by atoms with E-state index < -0.39 is 0 Å². The molecule has 21 heavy (non-hydrogen) atoms. The summed E-state index contributed by atoms with van der Waals surface area (Å²) in [4.78, 5) is 2.47. The molecule has 2 heterocycles. The Morgan fingerprint density at radius 3 is 2.86 bits per heavy atom. The van der Waals surface area contributed by atoms with Crippen LogP contribution in [0.1, 0.15) is 37.4 Å². The van der Waals surface area contributed by atoms with Gasteiger partial charge in [-0.15, -0.1) is 0 Å². The van der Waals surface area contributed by atoms with Crippen molar-refractivity contribution in [2.24, 2.45) is 0 Å². The van der Waals surface area contributed by atoms with Crippen LogP contribution in [0.4, 0.5) is 5.69 Å². The first-order chi connectivity index (χ1) is 10.3. The first kappa shape index (κ1) is 14.2. The fourth-order valence-corrected chi connectivity index (χ4v) is 3.02. The van der Waals surface area contributed by atoms with Gasteiger partial charge in [0.05, 0.1) is 13.1 Å². The molecule has 0 fully saturated rings. The van der Waals surface area contributed by atoms with E-state index in [1.165, 1.54) is 24.1 Å². The molecule has 1 aliphatic heterocycles. The van der Waals surface area contributed by atoms with Crippen LogP contribution in [0.25, 0.3) is 0 Å². The van der Waals surface area contributed by atoms with E-state index in [2.05, 4.69) is 60.5 Å². The van der Waals surface area contributed by atoms with E-state index in [-0.39, 0.29) is 0 Å². The molecule has 0 amide bonds. The quantitative estimate of drug-likeness (QED) is 0.907. The van der Waals surface area contributed by atoms with Crippen molar-refractivity contribution in [3.8, 4) is 0 Å². The fraction of sp³-hybridized carbons (Fsp3) is 0.444. The molecule has 3 nitrogen and oxygen atoms in total. The molecule has 0 aliphatic carbocycles. The molecule has 1 atom stereocenters. The summed E-state index contributed by atoms with van der Waals surface area (Å²) >= 11 is 0. The molecule has 112 valence electrons. The second-order valence-corrected chi connectivity index (χ2v) is 5.79. The van der Waals surface area contributed by atoms with Gasteiger partial charge in [0.15, 0.2) is 0 Å². The standard InChI is InChI=1S/C18H24N2O/c1-3-19-12-16-10-11-17(21-16)13-20-14(2)8-9-15-6-4-5-7-18(15)20/h4-7,10-11,14,19H,3,8-9,12-13H2,1-2H3. The van der Waals surface area contributed by atoms with E-state index in [0.717, 1.165) is 31.2 Å². The Balaban J connectivity index is 1.76. The third-order valence-electron chi connectivity index (χ3n) is 4.26. The molecular weight excluding hydrogens is 260 g/mol. The lowest BCUT2D eigenvalue weighted by molar-refractivity contribution is 0.433. The van der Waals surface area contributed by atoms with Crippen molar-refractivity contribution in [2.75, 3.05) is 11.4 Å². The molecule has 0 spiro atoms. The number of fused-ring (bicyclic) bond motifs is 1. The fourth-order valence-electron chi connectivity index (χ4n) is 3.02. The molecule has 3 rings (SSSR count). The molecule has 1 unspecified atom stereocenters. The zero-order valence-electron chi connectivity index (χ0n) is 12.9. The van der Waals surface area contributed by atoms with E-state index in [0.29, 0.717) is 6.04 Å². The van der Waals surface area contributed by atoms with Crippen molar-refractivity contribution in [3.05, 3.63) is 53.5 Å². The zero-order chi connectivity index (χ0) is 14.7. The largest absolute Gasteiger partial charge is 0.463 e. The molecule has 1 aromatic carbocycles. The van der Waals surface area contributed by atoms with Crippen molar-refractivity contribution in [1.29, 1.82) is 0 Å². The molecule has 0 radical (unpaired) electrons. The minimum atomic E-state index is 0.558. The van der Waals surface area contributed by atoms with Crippen LogP contribution in [-0.2, 0) is 19.5 Å². The maximum atomic E-state index is 5.95. The third kappa shape index (κ3) is 3.13. The van der Waals surface area contributed by atoms with Gasteiger partial charge in [-0.2, -0.15) is 0 Å². The third-order valence-corrected chi connectivity index (χ3v) is 4.26. The topological polar surface area (TPSA) is 28.4 Å². The lowest BCUT2D eigenvalue weighted by Gasteiger charge is -2.36. The van der Waals surface area contributed by atoms with Crippen LogP contribution >= 0.6 is 0 Å². The Hall–Kier alpha value is -1.74. The summed E-state index contributed by atoms with van der Waals surface area (Å²) < 4.78 is 5.95. The van der Waals surface area contributed by atoms with Crippen molar-refractivity contribution in [2.45, 2.75) is 45.8 Å². The van der Waals surface area contributed by atoms with Crippen molar-refractivity contribution < 1.29 is 4.42 Å². The van der Waals surface area contributed by atoms with E-state index >= 15 is 0 Å². The number of anilines is 1. The van der Waals surface area contributed by atoms with E-state index in [4.69, 9.17) is 4.42 Å². The van der Waals surface area contributed by atoms with Gasteiger partial charge in [-0.25, -0.2) is 0 Å². The van der Waals surface area contributed by atoms with Gasteiger partial charge in [-0.05, 0) is 50.1 Å². The predicted octanol–water partition coefficient (Wildman–Crippen LogP) is 3.73. The van der Waals surface area contributed by atoms with Crippen LogP contribution in [0.15, 0.2) is 40.8 Å². The van der Waals surface area contributed by atoms with Crippen LogP contribution in [0.5, 0.6) is 0 Å². The van der Waals surface area contributed by atoms with Gasteiger partial charge in [0.2, 0.25) is 0 Å². The number of hydrogen-bond donors (Lipinski definition) is 1. The number of nitrogens with one attached hydrogen (secondary N) is 1. The Bertz CT molecular complexity index is 590. The predicted molar refractivity (Wildman–Crippen MR) is 86.5 cm³/mol. The summed E-state index contributed by atoms with van der Waals surface area (Å²) in [5.41, 5.74) is 2.82. The molecule has 2 aromatic rings. The highest BCUT2D eigenvalue weighted by atomic mass is 16.3. The summed E-state index contributed by atoms with van der Waals surface area (Å²) in [5, 5.41) is 3.30. The summed E-state index contributed by atoms with van der Waals surface area (Å²) in [6.45, 7) is 7.04. The summed E-state index contributed by atoms with van der Waals surface area (Å²) in [6, 6.07) is 13.5. The average Bonchev–Trinajstić information content (AvgIpc) is 2.96. The summed E-state index contributed by atoms with van der Waals surface area (Å²) in [6.07, 6.45) is 2.39. The lowest BCUT2D eigenvalue weighted by atomic mass is 9.96. The first-order valence-corrected chi connectivity index (χ1v) is 7.90. The van der Waals surface area contributed by atoms with Crippen LogP contribution in [0.2, 0.25) is 0 Å². The highest BCUT2D eigenvalue weighted by Crippen LogP contribution is 2.31. The minimum Gasteiger partial charge on any atom is -0.463 e. The van der Waals surface area contributed by atoms with Gasteiger partial charge >= 0.3 is 0 Å². The Morgan fingerprint density at radius 2 is 2.00 bits per heavy atom. The zero-order valence-corrected chi connectivity index (χ0v) is 12.9. The number of nitrogens with zero attached hydrogens (tertiary/aromatic N) is 1. The van der Waals surface area contributed by atoms with Crippen LogP contribution in [-0.4, -0.2) is 12.6 Å². The molecule has 1 aromatic heterocycles. The summed E-state index contributed by atoms with van der Waals surface area (Å²) in [5.74, 6) is 2.07. The SMILES string of the molecule is CCNCc1ccc(CN2c3ccccc3CCC2C)o1. The number of aryl methyl sites for hydroxylation is 1. The van der Waals surface area contributed by atoms with Gasteiger partial charge in [0.25, 0.3) is 0 Å². The smallest absolute Gasteiger partial charge is 0.123 e. The average molecular weight is 284 g/mol. The monoisotopic (exact) mass is 284 g/mol. The van der Waals surface area contributed by atoms with Crippen molar-refractivity contribution >= 4 is 5.69 Å². The van der Waals surface area contributed by atoms with Gasteiger partial charge in [-0.1, -0.05) is 25.1 Å². The van der Waals surface area contributed by atoms with E-state index in [1.807, 2.05) is 0 Å². The van der Waals surface area contributed by atoms with Gasteiger partial charge in [0.1, 0.15) is 11.5 Å². The van der Waals surface area contributed by atoms with Gasteiger partial charge in [0, 0.05) is 11.7 Å². The lowest BCUT2D eigenvalue weighted by Crippen LogP contribution is -2.36. The van der Waals surface area contributed by atoms with E-state index in [1.54, 1.807) is 0 Å². The molecule has 1 N–H and O–H groups in total. The summed E-state index contributed by atoms with van der Waals surface area (Å²) in [7, 11) is 0. The highest BCUT2D eigenvalue weighted by Gasteiger charge is 2.23. The molecule has 0 bridgehead atoms. The molecule has 0 saturated carbocycles. The number of para-hydroxylation sites is 1.